The summed E-state index contributed by atoms with van der Waals surface area (Å²) >= 11 is 7.61. The standard InChI is InChI=1S/C24H26ClN7S/c1-2-16-22(31-21(28)23(30-16)33-17-7-10-29-20(27)18(17)25)32-11-8-24(9-12-32)13-14-5-3-4-6-15(14)19(24)26/h2-7,10,19H,1,8-9,11-13,26H2,(H2,27,29)(H2,28,31)/t19-/m1/s1. The number of rotatable bonds is 4. The lowest BCUT2D eigenvalue weighted by Crippen LogP contribution is -2.45. The van der Waals surface area contributed by atoms with E-state index in [1.807, 2.05) is 0 Å². The third-order valence-corrected chi connectivity index (χ3v) is 8.39. The monoisotopic (exact) mass is 479 g/mol. The number of halogens is 1. The lowest BCUT2D eigenvalue weighted by Gasteiger charge is -2.42. The van der Waals surface area contributed by atoms with E-state index in [0.717, 1.165) is 43.1 Å². The lowest BCUT2D eigenvalue weighted by atomic mass is 9.73. The first kappa shape index (κ1) is 22.0. The van der Waals surface area contributed by atoms with Crippen LogP contribution in [-0.2, 0) is 6.42 Å². The zero-order valence-electron chi connectivity index (χ0n) is 18.2. The van der Waals surface area contributed by atoms with Gasteiger partial charge in [0, 0.05) is 30.2 Å². The second kappa shape index (κ2) is 8.52. The Morgan fingerprint density at radius 3 is 2.61 bits per heavy atom. The molecule has 1 spiro atoms. The summed E-state index contributed by atoms with van der Waals surface area (Å²) in [6.07, 6.45) is 6.33. The van der Waals surface area contributed by atoms with Crippen molar-refractivity contribution in [3.63, 3.8) is 0 Å². The molecule has 1 aliphatic heterocycles. The van der Waals surface area contributed by atoms with E-state index in [0.29, 0.717) is 21.6 Å². The van der Waals surface area contributed by atoms with Crippen LogP contribution in [-0.4, -0.2) is 28.0 Å². The van der Waals surface area contributed by atoms with Crippen LogP contribution in [0.1, 0.15) is 35.7 Å². The number of nitrogens with two attached hydrogens (primary N) is 3. The SMILES string of the molecule is C=Cc1nc(Sc2ccnc(N)c2Cl)c(N)nc1N1CCC2(CC1)Cc1ccccc1[C@H]2N. The van der Waals surface area contributed by atoms with Crippen LogP contribution in [0.2, 0.25) is 5.02 Å². The molecular formula is C24H26ClN7S. The number of anilines is 3. The minimum absolute atomic E-state index is 0.0715. The Morgan fingerprint density at radius 2 is 1.88 bits per heavy atom. The average Bonchev–Trinajstić information content (AvgIpc) is 3.09. The van der Waals surface area contributed by atoms with Gasteiger partial charge in [0.1, 0.15) is 16.5 Å². The number of fused-ring (bicyclic) bond motifs is 1. The van der Waals surface area contributed by atoms with Gasteiger partial charge in [0.25, 0.3) is 0 Å². The molecule has 0 unspecified atom stereocenters. The number of nitrogen functional groups attached to an aromatic ring is 2. The quantitative estimate of drug-likeness (QED) is 0.505. The largest absolute Gasteiger partial charge is 0.382 e. The van der Waals surface area contributed by atoms with Crippen molar-refractivity contribution in [2.24, 2.45) is 11.1 Å². The van der Waals surface area contributed by atoms with E-state index in [9.17, 15) is 0 Å². The topological polar surface area (TPSA) is 120 Å². The van der Waals surface area contributed by atoms with Crippen LogP contribution >= 0.6 is 23.4 Å². The van der Waals surface area contributed by atoms with Gasteiger partial charge in [0.15, 0.2) is 11.6 Å². The maximum atomic E-state index is 6.73. The second-order valence-corrected chi connectivity index (χ2v) is 10.0. The highest BCUT2D eigenvalue weighted by molar-refractivity contribution is 7.99. The number of nitrogens with zero attached hydrogens (tertiary/aromatic N) is 4. The number of hydrogen-bond donors (Lipinski definition) is 3. The van der Waals surface area contributed by atoms with Gasteiger partial charge >= 0.3 is 0 Å². The first-order chi connectivity index (χ1) is 15.9. The molecule has 0 saturated carbocycles. The molecular weight excluding hydrogens is 454 g/mol. The second-order valence-electron chi connectivity index (χ2n) is 8.64. The molecule has 1 fully saturated rings. The van der Waals surface area contributed by atoms with Crippen LogP contribution < -0.4 is 22.1 Å². The van der Waals surface area contributed by atoms with Crippen molar-refractivity contribution in [3.05, 3.63) is 65.0 Å². The average molecular weight is 480 g/mol. The summed E-state index contributed by atoms with van der Waals surface area (Å²) in [7, 11) is 0. The van der Waals surface area contributed by atoms with Crippen LogP contribution in [0.25, 0.3) is 6.08 Å². The summed E-state index contributed by atoms with van der Waals surface area (Å²) in [4.78, 5) is 16.4. The van der Waals surface area contributed by atoms with E-state index in [4.69, 9.17) is 38.8 Å². The molecule has 1 aromatic carbocycles. The van der Waals surface area contributed by atoms with Gasteiger partial charge in [-0.3, -0.25) is 0 Å². The van der Waals surface area contributed by atoms with Crippen LogP contribution in [0, 0.1) is 5.41 Å². The first-order valence-corrected chi connectivity index (χ1v) is 12.1. The minimum Gasteiger partial charge on any atom is -0.382 e. The van der Waals surface area contributed by atoms with E-state index in [-0.39, 0.29) is 17.3 Å². The molecule has 1 saturated heterocycles. The number of aromatic nitrogens is 3. The molecule has 5 rings (SSSR count). The van der Waals surface area contributed by atoms with Gasteiger partial charge in [-0.15, -0.1) is 0 Å². The normalized spacial score (nSPS) is 19.0. The molecule has 0 bridgehead atoms. The molecule has 1 aliphatic carbocycles. The molecule has 0 amide bonds. The maximum Gasteiger partial charge on any atom is 0.158 e. The Morgan fingerprint density at radius 1 is 1.12 bits per heavy atom. The van der Waals surface area contributed by atoms with E-state index in [2.05, 4.69) is 40.7 Å². The smallest absolute Gasteiger partial charge is 0.158 e. The Bertz CT molecular complexity index is 1220. The van der Waals surface area contributed by atoms with Gasteiger partial charge in [-0.1, -0.05) is 54.2 Å². The maximum absolute atomic E-state index is 6.73. The summed E-state index contributed by atoms with van der Waals surface area (Å²) in [5, 5.41) is 0.936. The molecule has 170 valence electrons. The molecule has 3 heterocycles. The molecule has 9 heteroatoms. The van der Waals surface area contributed by atoms with E-state index >= 15 is 0 Å². The Balaban J connectivity index is 1.37. The van der Waals surface area contributed by atoms with Gasteiger partial charge in [0.05, 0.1) is 5.02 Å². The van der Waals surface area contributed by atoms with Crippen LogP contribution in [0.5, 0.6) is 0 Å². The van der Waals surface area contributed by atoms with Crippen molar-refractivity contribution in [3.8, 4) is 0 Å². The summed E-state index contributed by atoms with van der Waals surface area (Å²) in [6.45, 7) is 5.64. The number of pyridine rings is 1. The Hall–Kier alpha value is -2.81. The van der Waals surface area contributed by atoms with E-state index in [1.54, 1.807) is 18.3 Å². The Kier molecular flexibility index (Phi) is 5.68. The third kappa shape index (κ3) is 3.82. The predicted octanol–water partition coefficient (Wildman–Crippen LogP) is 4.33. The first-order valence-electron chi connectivity index (χ1n) is 10.9. The summed E-state index contributed by atoms with van der Waals surface area (Å²) in [5.74, 6) is 1.37. The van der Waals surface area contributed by atoms with Crippen LogP contribution in [0.4, 0.5) is 17.5 Å². The van der Waals surface area contributed by atoms with Gasteiger partial charge < -0.3 is 22.1 Å². The molecule has 6 N–H and O–H groups in total. The van der Waals surface area contributed by atoms with Gasteiger partial charge in [-0.2, -0.15) is 0 Å². The van der Waals surface area contributed by atoms with Crippen LogP contribution in [0.3, 0.4) is 0 Å². The van der Waals surface area contributed by atoms with Gasteiger partial charge in [-0.05, 0) is 47.9 Å². The fourth-order valence-corrected chi connectivity index (χ4v) is 6.03. The van der Waals surface area contributed by atoms with E-state index < -0.39 is 0 Å². The highest BCUT2D eigenvalue weighted by Gasteiger charge is 2.46. The van der Waals surface area contributed by atoms with Gasteiger partial charge in [-0.25, -0.2) is 15.0 Å². The van der Waals surface area contributed by atoms with Crippen molar-refractivity contribution in [1.29, 1.82) is 0 Å². The molecule has 2 aliphatic rings. The molecule has 7 nitrogen and oxygen atoms in total. The number of benzene rings is 1. The summed E-state index contributed by atoms with van der Waals surface area (Å²) < 4.78 is 0. The van der Waals surface area contributed by atoms with Crippen molar-refractivity contribution >= 4 is 46.9 Å². The third-order valence-electron chi connectivity index (χ3n) is 6.83. The number of hydrogen-bond acceptors (Lipinski definition) is 8. The molecule has 3 aromatic rings. The van der Waals surface area contributed by atoms with Gasteiger partial charge in [0.2, 0.25) is 0 Å². The van der Waals surface area contributed by atoms with Crippen molar-refractivity contribution < 1.29 is 0 Å². The summed E-state index contributed by atoms with van der Waals surface area (Å²) in [5.41, 5.74) is 22.3. The number of piperidine rings is 1. The lowest BCUT2D eigenvalue weighted by molar-refractivity contribution is 0.187. The molecule has 0 radical (unpaired) electrons. The highest BCUT2D eigenvalue weighted by atomic mass is 35.5. The zero-order valence-corrected chi connectivity index (χ0v) is 19.7. The van der Waals surface area contributed by atoms with Crippen molar-refractivity contribution in [1.82, 2.24) is 15.0 Å². The highest BCUT2D eigenvalue weighted by Crippen LogP contribution is 2.51. The minimum atomic E-state index is 0.0715. The molecule has 33 heavy (non-hydrogen) atoms. The molecule has 2 aromatic heterocycles. The zero-order chi connectivity index (χ0) is 23.2. The fourth-order valence-electron chi connectivity index (χ4n) is 4.97. The van der Waals surface area contributed by atoms with Crippen molar-refractivity contribution in [2.75, 3.05) is 29.5 Å². The van der Waals surface area contributed by atoms with E-state index in [1.165, 1.54) is 22.9 Å². The predicted molar refractivity (Wildman–Crippen MR) is 135 cm³/mol. The Labute approximate surface area is 202 Å². The summed E-state index contributed by atoms with van der Waals surface area (Å²) in [6, 6.07) is 10.4. The fraction of sp³-hybridized carbons (Fsp3) is 0.292. The van der Waals surface area contributed by atoms with Crippen LogP contribution in [0.15, 0.2) is 53.0 Å². The molecule has 1 atom stereocenters. The van der Waals surface area contributed by atoms with Crippen molar-refractivity contribution in [2.45, 2.75) is 35.2 Å².